The topological polar surface area (TPSA) is 67.8 Å². The van der Waals surface area contributed by atoms with E-state index in [1.165, 1.54) is 0 Å². The first-order chi connectivity index (χ1) is 7.83. The normalized spacial score (nSPS) is 16.8. The Morgan fingerprint density at radius 1 is 1.44 bits per heavy atom. The molecule has 4 nitrogen and oxygen atoms in total. The van der Waals surface area contributed by atoms with Gasteiger partial charge < -0.3 is 15.6 Å². The standard InChI is InChI=1S/C12H16N2O2/c13-6-5-11(15)9-3-1-2-4-10(9)12-14-7-8-16-12/h1-4,11,15H,5-8,13H2. The summed E-state index contributed by atoms with van der Waals surface area (Å²) in [6.45, 7) is 1.77. The minimum Gasteiger partial charge on any atom is -0.476 e. The zero-order chi connectivity index (χ0) is 11.4. The van der Waals surface area contributed by atoms with E-state index in [4.69, 9.17) is 10.5 Å². The third kappa shape index (κ3) is 2.23. The Morgan fingerprint density at radius 3 is 2.94 bits per heavy atom. The second-order valence-electron chi connectivity index (χ2n) is 3.72. The molecule has 4 heteroatoms. The van der Waals surface area contributed by atoms with E-state index in [0.717, 1.165) is 11.1 Å². The number of nitrogens with two attached hydrogens (primary N) is 1. The van der Waals surface area contributed by atoms with Crippen LogP contribution in [0.1, 0.15) is 23.7 Å². The first-order valence-electron chi connectivity index (χ1n) is 5.47. The van der Waals surface area contributed by atoms with Crippen LogP contribution in [0.25, 0.3) is 0 Å². The summed E-state index contributed by atoms with van der Waals surface area (Å²) in [5, 5.41) is 9.97. The van der Waals surface area contributed by atoms with Gasteiger partial charge in [0.25, 0.3) is 0 Å². The van der Waals surface area contributed by atoms with Crippen LogP contribution in [0.2, 0.25) is 0 Å². The molecule has 86 valence electrons. The Morgan fingerprint density at radius 2 is 2.25 bits per heavy atom. The fourth-order valence-electron chi connectivity index (χ4n) is 1.79. The summed E-state index contributed by atoms with van der Waals surface area (Å²) in [4.78, 5) is 4.26. The van der Waals surface area contributed by atoms with E-state index < -0.39 is 6.10 Å². The van der Waals surface area contributed by atoms with Gasteiger partial charge in [0.1, 0.15) is 6.61 Å². The molecule has 1 aromatic rings. The number of aliphatic hydroxyl groups is 1. The first-order valence-corrected chi connectivity index (χ1v) is 5.47. The maximum Gasteiger partial charge on any atom is 0.216 e. The molecule has 0 spiro atoms. The number of rotatable bonds is 4. The third-order valence-corrected chi connectivity index (χ3v) is 2.58. The van der Waals surface area contributed by atoms with E-state index in [9.17, 15) is 5.11 Å². The molecule has 1 unspecified atom stereocenters. The molecular formula is C12H16N2O2. The predicted molar refractivity (Wildman–Crippen MR) is 62.4 cm³/mol. The van der Waals surface area contributed by atoms with Crippen molar-refractivity contribution in [3.05, 3.63) is 35.4 Å². The smallest absolute Gasteiger partial charge is 0.216 e. The summed E-state index contributed by atoms with van der Waals surface area (Å²) in [6.07, 6.45) is -0.00213. The molecule has 1 aliphatic heterocycles. The molecule has 1 atom stereocenters. The van der Waals surface area contributed by atoms with Crippen LogP contribution in [0, 0.1) is 0 Å². The van der Waals surface area contributed by atoms with Gasteiger partial charge in [0.2, 0.25) is 5.90 Å². The number of hydrogen-bond donors (Lipinski definition) is 2. The Hall–Kier alpha value is -1.39. The van der Waals surface area contributed by atoms with Crippen LogP contribution in [-0.4, -0.2) is 30.7 Å². The first kappa shape index (κ1) is 11.1. The van der Waals surface area contributed by atoms with Crippen molar-refractivity contribution in [2.24, 2.45) is 10.7 Å². The van der Waals surface area contributed by atoms with Crippen LogP contribution in [0.4, 0.5) is 0 Å². The predicted octanol–water partition coefficient (Wildman–Crippen LogP) is 0.846. The van der Waals surface area contributed by atoms with Gasteiger partial charge in [0.15, 0.2) is 0 Å². The average Bonchev–Trinajstić information content (AvgIpc) is 2.83. The second kappa shape index (κ2) is 5.09. The molecule has 0 aromatic heterocycles. The number of benzene rings is 1. The summed E-state index contributed by atoms with van der Waals surface area (Å²) in [5.74, 6) is 0.631. The molecular weight excluding hydrogens is 204 g/mol. The van der Waals surface area contributed by atoms with Gasteiger partial charge in [-0.1, -0.05) is 18.2 Å². The third-order valence-electron chi connectivity index (χ3n) is 2.58. The van der Waals surface area contributed by atoms with Gasteiger partial charge in [-0.25, -0.2) is 4.99 Å². The van der Waals surface area contributed by atoms with Crippen molar-refractivity contribution in [3.63, 3.8) is 0 Å². The average molecular weight is 220 g/mol. The molecule has 0 saturated carbocycles. The van der Waals surface area contributed by atoms with E-state index in [1.807, 2.05) is 24.3 Å². The lowest BCUT2D eigenvalue weighted by atomic mass is 10.00. The number of aliphatic imine (C=N–C) groups is 1. The van der Waals surface area contributed by atoms with Gasteiger partial charge in [-0.2, -0.15) is 0 Å². The lowest BCUT2D eigenvalue weighted by Gasteiger charge is -2.14. The van der Waals surface area contributed by atoms with Crippen molar-refractivity contribution in [1.82, 2.24) is 0 Å². The van der Waals surface area contributed by atoms with Crippen molar-refractivity contribution >= 4 is 5.90 Å². The molecule has 0 radical (unpaired) electrons. The van der Waals surface area contributed by atoms with Crippen molar-refractivity contribution in [2.75, 3.05) is 19.7 Å². The second-order valence-corrected chi connectivity index (χ2v) is 3.72. The van der Waals surface area contributed by atoms with Crippen LogP contribution in [0.5, 0.6) is 0 Å². The minimum atomic E-state index is -0.548. The molecule has 2 rings (SSSR count). The van der Waals surface area contributed by atoms with Gasteiger partial charge >= 0.3 is 0 Å². The maximum absolute atomic E-state index is 9.97. The van der Waals surface area contributed by atoms with Crippen LogP contribution in [0.3, 0.4) is 0 Å². The Bertz CT molecular complexity index is 390. The summed E-state index contributed by atoms with van der Waals surface area (Å²) in [7, 11) is 0. The summed E-state index contributed by atoms with van der Waals surface area (Å²) >= 11 is 0. The zero-order valence-electron chi connectivity index (χ0n) is 9.10. The molecule has 0 saturated heterocycles. The highest BCUT2D eigenvalue weighted by atomic mass is 16.5. The van der Waals surface area contributed by atoms with Crippen molar-refractivity contribution in [2.45, 2.75) is 12.5 Å². The van der Waals surface area contributed by atoms with E-state index in [0.29, 0.717) is 32.0 Å². The van der Waals surface area contributed by atoms with E-state index in [-0.39, 0.29) is 0 Å². The molecule has 0 amide bonds. The van der Waals surface area contributed by atoms with Gasteiger partial charge in [0.05, 0.1) is 12.6 Å². The fraction of sp³-hybridized carbons (Fsp3) is 0.417. The number of aliphatic hydroxyl groups excluding tert-OH is 1. The highest BCUT2D eigenvalue weighted by molar-refractivity contribution is 5.96. The lowest BCUT2D eigenvalue weighted by Crippen LogP contribution is -2.12. The molecule has 3 N–H and O–H groups in total. The highest BCUT2D eigenvalue weighted by Gasteiger charge is 2.18. The van der Waals surface area contributed by atoms with Crippen LogP contribution >= 0.6 is 0 Å². The zero-order valence-corrected chi connectivity index (χ0v) is 9.10. The van der Waals surface area contributed by atoms with Crippen molar-refractivity contribution < 1.29 is 9.84 Å². The van der Waals surface area contributed by atoms with Gasteiger partial charge in [-0.3, -0.25) is 0 Å². The van der Waals surface area contributed by atoms with Crippen LogP contribution in [0.15, 0.2) is 29.3 Å². The van der Waals surface area contributed by atoms with E-state index >= 15 is 0 Å². The quantitative estimate of drug-likeness (QED) is 0.790. The Kier molecular flexibility index (Phi) is 3.54. The van der Waals surface area contributed by atoms with Crippen molar-refractivity contribution in [1.29, 1.82) is 0 Å². The molecule has 0 aliphatic carbocycles. The monoisotopic (exact) mass is 220 g/mol. The van der Waals surface area contributed by atoms with E-state index in [1.54, 1.807) is 0 Å². The molecule has 1 aliphatic rings. The molecule has 1 heterocycles. The van der Waals surface area contributed by atoms with Crippen LogP contribution < -0.4 is 5.73 Å². The number of hydrogen-bond acceptors (Lipinski definition) is 4. The summed E-state index contributed by atoms with van der Waals surface area (Å²) in [6, 6.07) is 7.62. The molecule has 1 aromatic carbocycles. The fourth-order valence-corrected chi connectivity index (χ4v) is 1.79. The lowest BCUT2D eigenvalue weighted by molar-refractivity contribution is 0.169. The van der Waals surface area contributed by atoms with Crippen molar-refractivity contribution in [3.8, 4) is 0 Å². The SMILES string of the molecule is NCCC(O)c1ccccc1C1=NCCO1. The van der Waals surface area contributed by atoms with Crippen LogP contribution in [-0.2, 0) is 4.74 Å². The molecule has 0 bridgehead atoms. The number of ether oxygens (including phenoxy) is 1. The van der Waals surface area contributed by atoms with Gasteiger partial charge in [-0.05, 0) is 24.6 Å². The van der Waals surface area contributed by atoms with Gasteiger partial charge in [-0.15, -0.1) is 0 Å². The van der Waals surface area contributed by atoms with Gasteiger partial charge in [0, 0.05) is 5.56 Å². The Balaban J connectivity index is 2.29. The maximum atomic E-state index is 9.97. The summed E-state index contributed by atoms with van der Waals surface area (Å²) < 4.78 is 5.42. The number of nitrogens with zero attached hydrogens (tertiary/aromatic N) is 1. The highest BCUT2D eigenvalue weighted by Crippen LogP contribution is 2.22. The van der Waals surface area contributed by atoms with E-state index in [2.05, 4.69) is 4.99 Å². The summed E-state index contributed by atoms with van der Waals surface area (Å²) in [5.41, 5.74) is 7.17. The largest absolute Gasteiger partial charge is 0.476 e. The molecule has 16 heavy (non-hydrogen) atoms. The Labute approximate surface area is 94.8 Å². The molecule has 0 fully saturated rings. The minimum absolute atomic E-state index is 0.461.